The normalized spacial score (nSPS) is 14.4. The van der Waals surface area contributed by atoms with E-state index in [9.17, 15) is 22.8 Å². The van der Waals surface area contributed by atoms with E-state index in [1.54, 1.807) is 0 Å². The minimum Gasteiger partial charge on any atom is -0.480 e. The summed E-state index contributed by atoms with van der Waals surface area (Å²) in [6.07, 6.45) is 0.276. The van der Waals surface area contributed by atoms with Gasteiger partial charge in [0.05, 0.1) is 18.2 Å². The highest BCUT2D eigenvalue weighted by Crippen LogP contribution is 1.97. The highest BCUT2D eigenvalue weighted by molar-refractivity contribution is 7.90. The number of carbonyl (C=O) groups is 3. The zero-order chi connectivity index (χ0) is 15.2. The number of carbonyl (C=O) groups excluding carboxylic acids is 2. The van der Waals surface area contributed by atoms with Gasteiger partial charge in [0.15, 0.2) is 0 Å². The molecular weight excluding hydrogens is 278 g/mol. The minimum absolute atomic E-state index is 0.145. The zero-order valence-electron chi connectivity index (χ0n) is 10.3. The Morgan fingerprint density at radius 1 is 1.32 bits per heavy atom. The average molecular weight is 295 g/mol. The fraction of sp³-hybridized carbons (Fsp3) is 0.667. The van der Waals surface area contributed by atoms with Crippen LogP contribution in [0.25, 0.3) is 0 Å². The molecule has 0 aliphatic rings. The van der Waals surface area contributed by atoms with Gasteiger partial charge in [-0.3, -0.25) is 9.59 Å². The van der Waals surface area contributed by atoms with Crippen LogP contribution >= 0.6 is 0 Å². The van der Waals surface area contributed by atoms with Gasteiger partial charge in [0.2, 0.25) is 11.8 Å². The highest BCUT2D eigenvalue weighted by Gasteiger charge is 2.25. The maximum Gasteiger partial charge on any atom is 0.326 e. The van der Waals surface area contributed by atoms with E-state index in [0.29, 0.717) is 0 Å². The van der Waals surface area contributed by atoms with Gasteiger partial charge in [0.25, 0.3) is 0 Å². The molecule has 0 bridgehead atoms. The predicted octanol–water partition coefficient (Wildman–Crippen LogP) is -2.81. The summed E-state index contributed by atoms with van der Waals surface area (Å²) < 4.78 is 21.8. The van der Waals surface area contributed by atoms with Gasteiger partial charge in [-0.1, -0.05) is 0 Å². The van der Waals surface area contributed by atoms with E-state index in [0.717, 1.165) is 6.26 Å². The van der Waals surface area contributed by atoms with Crippen molar-refractivity contribution in [1.29, 1.82) is 0 Å². The summed E-state index contributed by atoms with van der Waals surface area (Å²) in [7, 11) is -3.27. The van der Waals surface area contributed by atoms with Crippen LogP contribution in [0.4, 0.5) is 0 Å². The van der Waals surface area contributed by atoms with Crippen molar-refractivity contribution in [2.24, 2.45) is 11.5 Å². The predicted molar refractivity (Wildman–Crippen MR) is 65.7 cm³/mol. The van der Waals surface area contributed by atoms with Crippen molar-refractivity contribution in [2.75, 3.05) is 12.0 Å². The van der Waals surface area contributed by atoms with Gasteiger partial charge in [-0.15, -0.1) is 0 Å². The van der Waals surface area contributed by atoms with E-state index in [1.807, 2.05) is 5.32 Å². The van der Waals surface area contributed by atoms with Crippen molar-refractivity contribution in [1.82, 2.24) is 5.32 Å². The first-order valence-corrected chi connectivity index (χ1v) is 7.33. The summed E-state index contributed by atoms with van der Waals surface area (Å²) in [6.45, 7) is 0. The van der Waals surface area contributed by atoms with Crippen LogP contribution in [0, 0.1) is 0 Å². The van der Waals surface area contributed by atoms with Crippen molar-refractivity contribution in [3.05, 3.63) is 0 Å². The topological polar surface area (TPSA) is 170 Å². The van der Waals surface area contributed by atoms with Crippen molar-refractivity contribution in [3.63, 3.8) is 0 Å². The lowest BCUT2D eigenvalue weighted by molar-refractivity contribution is -0.143. The number of primary amides is 1. The van der Waals surface area contributed by atoms with Crippen molar-refractivity contribution < 1.29 is 27.9 Å². The summed E-state index contributed by atoms with van der Waals surface area (Å²) in [5.41, 5.74) is 10.3. The molecule has 0 aliphatic heterocycles. The first-order chi connectivity index (χ1) is 8.53. The smallest absolute Gasteiger partial charge is 0.326 e. The number of nitrogens with two attached hydrogens (primary N) is 2. The van der Waals surface area contributed by atoms with E-state index >= 15 is 0 Å². The highest BCUT2D eigenvalue weighted by atomic mass is 32.2. The third-order valence-corrected chi connectivity index (χ3v) is 3.13. The van der Waals surface area contributed by atoms with Gasteiger partial charge in [0.1, 0.15) is 15.9 Å². The Hall–Kier alpha value is -1.68. The van der Waals surface area contributed by atoms with Crippen LogP contribution in [-0.4, -0.2) is 55.4 Å². The second-order valence-corrected chi connectivity index (χ2v) is 6.35. The van der Waals surface area contributed by atoms with Gasteiger partial charge in [-0.25, -0.2) is 13.2 Å². The summed E-state index contributed by atoms with van der Waals surface area (Å²) >= 11 is 0. The number of hydrogen-bond acceptors (Lipinski definition) is 6. The average Bonchev–Trinajstić information content (AvgIpc) is 2.22. The molecule has 2 amide bonds. The van der Waals surface area contributed by atoms with Crippen LogP contribution in [0.15, 0.2) is 0 Å². The van der Waals surface area contributed by atoms with Crippen LogP contribution < -0.4 is 16.8 Å². The quantitative estimate of drug-likeness (QED) is 0.374. The Bertz CT molecular complexity index is 461. The van der Waals surface area contributed by atoms with Crippen molar-refractivity contribution >= 4 is 27.6 Å². The number of carboxylic acid groups (broad SMARTS) is 1. The maximum atomic E-state index is 11.5. The lowest BCUT2D eigenvalue weighted by Crippen LogP contribution is -2.50. The SMILES string of the molecule is CS(=O)(=O)CCC(N)C(=O)NC(CC(N)=O)C(=O)O. The number of amides is 2. The molecule has 0 saturated heterocycles. The Balaban J connectivity index is 4.47. The molecule has 9 nitrogen and oxygen atoms in total. The van der Waals surface area contributed by atoms with Crippen LogP contribution in [0.1, 0.15) is 12.8 Å². The number of hydrogen-bond donors (Lipinski definition) is 4. The van der Waals surface area contributed by atoms with Crippen LogP contribution in [0.3, 0.4) is 0 Å². The molecule has 0 fully saturated rings. The fourth-order valence-corrected chi connectivity index (χ4v) is 1.83. The molecule has 2 unspecified atom stereocenters. The second kappa shape index (κ2) is 7.04. The number of aliphatic carboxylic acids is 1. The van der Waals surface area contributed by atoms with Gasteiger partial charge in [-0.2, -0.15) is 0 Å². The lowest BCUT2D eigenvalue weighted by atomic mass is 10.1. The molecular formula is C9H17N3O6S. The van der Waals surface area contributed by atoms with E-state index in [4.69, 9.17) is 16.6 Å². The number of rotatable bonds is 8. The molecule has 110 valence electrons. The molecule has 0 aromatic heterocycles. The molecule has 19 heavy (non-hydrogen) atoms. The van der Waals surface area contributed by atoms with Gasteiger partial charge in [-0.05, 0) is 6.42 Å². The van der Waals surface area contributed by atoms with E-state index in [2.05, 4.69) is 0 Å². The van der Waals surface area contributed by atoms with Crippen molar-refractivity contribution in [3.8, 4) is 0 Å². The molecule has 0 aromatic rings. The monoisotopic (exact) mass is 295 g/mol. The molecule has 0 saturated carbocycles. The van der Waals surface area contributed by atoms with Crippen LogP contribution in [-0.2, 0) is 24.2 Å². The molecule has 0 spiro atoms. The van der Waals surface area contributed by atoms with Gasteiger partial charge >= 0.3 is 5.97 Å². The summed E-state index contributed by atoms with van der Waals surface area (Å²) in [6, 6.07) is -2.65. The fourth-order valence-electron chi connectivity index (χ4n) is 1.15. The Kier molecular flexibility index (Phi) is 6.42. The molecule has 0 rings (SSSR count). The van der Waals surface area contributed by atoms with E-state index < -0.39 is 46.1 Å². The molecule has 0 aromatic carbocycles. The summed E-state index contributed by atoms with van der Waals surface area (Å²) in [5.74, 6) is -3.47. The van der Waals surface area contributed by atoms with Gasteiger partial charge < -0.3 is 21.9 Å². The largest absolute Gasteiger partial charge is 0.480 e. The molecule has 10 heteroatoms. The first-order valence-electron chi connectivity index (χ1n) is 5.27. The summed E-state index contributed by atoms with van der Waals surface area (Å²) in [4.78, 5) is 32.9. The first kappa shape index (κ1) is 17.3. The second-order valence-electron chi connectivity index (χ2n) is 4.09. The number of sulfone groups is 1. The minimum atomic E-state index is -3.27. The molecule has 2 atom stereocenters. The zero-order valence-corrected chi connectivity index (χ0v) is 11.1. The molecule has 0 radical (unpaired) electrons. The molecule has 6 N–H and O–H groups in total. The Morgan fingerprint density at radius 2 is 1.84 bits per heavy atom. The lowest BCUT2D eigenvalue weighted by Gasteiger charge is -2.16. The van der Waals surface area contributed by atoms with E-state index in [1.165, 1.54) is 0 Å². The van der Waals surface area contributed by atoms with E-state index in [-0.39, 0.29) is 12.2 Å². The van der Waals surface area contributed by atoms with Crippen LogP contribution in [0.5, 0.6) is 0 Å². The van der Waals surface area contributed by atoms with Crippen LogP contribution in [0.2, 0.25) is 0 Å². The Morgan fingerprint density at radius 3 is 2.21 bits per heavy atom. The third-order valence-electron chi connectivity index (χ3n) is 2.16. The molecule has 0 heterocycles. The molecule has 0 aliphatic carbocycles. The Labute approximate surface area is 110 Å². The standard InChI is InChI=1S/C9H17N3O6S/c1-19(17,18)3-2-5(10)8(14)12-6(9(15)16)4-7(11)13/h5-6H,2-4,10H2,1H3,(H2,11,13)(H,12,14)(H,15,16). The van der Waals surface area contributed by atoms with Gasteiger partial charge in [0, 0.05) is 6.26 Å². The maximum absolute atomic E-state index is 11.5. The van der Waals surface area contributed by atoms with Crippen molar-refractivity contribution in [2.45, 2.75) is 24.9 Å². The third kappa shape index (κ3) is 8.11. The summed E-state index contributed by atoms with van der Waals surface area (Å²) in [5, 5.41) is 10.8. The number of carboxylic acids is 1. The number of nitrogens with one attached hydrogen (secondary N) is 1.